The Morgan fingerprint density at radius 1 is 1.16 bits per heavy atom. The largest absolute Gasteiger partial charge is 0.483 e. The molecule has 0 aromatic heterocycles. The predicted octanol–water partition coefficient (Wildman–Crippen LogP) is 3.15. The zero-order valence-corrected chi connectivity index (χ0v) is 14.6. The van der Waals surface area contributed by atoms with E-state index in [1.54, 1.807) is 0 Å². The van der Waals surface area contributed by atoms with Crippen molar-refractivity contribution < 1.29 is 9.53 Å². The van der Waals surface area contributed by atoms with E-state index in [1.807, 2.05) is 24.3 Å². The number of hydrogen-bond acceptors (Lipinski definition) is 3. The van der Waals surface area contributed by atoms with E-state index in [0.717, 1.165) is 32.5 Å². The Hall–Kier alpha value is -2.33. The molecule has 1 atom stereocenters. The van der Waals surface area contributed by atoms with Gasteiger partial charge in [-0.05, 0) is 44.0 Å². The lowest BCUT2D eigenvalue weighted by Gasteiger charge is -2.42. The van der Waals surface area contributed by atoms with E-state index < -0.39 is 0 Å². The smallest absolute Gasteiger partial charge is 0.255 e. The van der Waals surface area contributed by atoms with Crippen LogP contribution >= 0.6 is 0 Å². The molecule has 2 aliphatic heterocycles. The van der Waals surface area contributed by atoms with Crippen molar-refractivity contribution in [3.8, 4) is 5.75 Å². The van der Waals surface area contributed by atoms with Gasteiger partial charge in [0.15, 0.2) is 0 Å². The normalized spacial score (nSPS) is 23.5. The summed E-state index contributed by atoms with van der Waals surface area (Å²) in [5.41, 5.74) is 2.90. The molecule has 25 heavy (non-hydrogen) atoms. The standard InChI is InChI=1S/C21H24N2O2/c1-16-7-9-17(10-8-16)13-23-12-4-11-21(15-23)14-22-20(24)18-5-2-3-6-19(18)25-21/h2-3,5-10H,4,11-15H2,1H3,(H,22,24)/t21-/m0/s1. The Kier molecular flexibility index (Phi) is 4.22. The first-order valence-electron chi connectivity index (χ1n) is 8.98. The number of aryl methyl sites for hydroxylation is 1. The summed E-state index contributed by atoms with van der Waals surface area (Å²) >= 11 is 0. The second kappa shape index (κ2) is 6.52. The zero-order chi connectivity index (χ0) is 17.3. The molecular weight excluding hydrogens is 312 g/mol. The summed E-state index contributed by atoms with van der Waals surface area (Å²) in [6, 6.07) is 16.3. The monoisotopic (exact) mass is 336 g/mol. The Balaban J connectivity index is 1.53. The second-order valence-electron chi connectivity index (χ2n) is 7.26. The Morgan fingerprint density at radius 2 is 1.96 bits per heavy atom. The van der Waals surface area contributed by atoms with Crippen molar-refractivity contribution in [2.24, 2.45) is 0 Å². The number of piperidine rings is 1. The van der Waals surface area contributed by atoms with Crippen molar-refractivity contribution in [3.05, 3.63) is 65.2 Å². The lowest BCUT2D eigenvalue weighted by atomic mass is 9.92. The molecule has 2 heterocycles. The number of carbonyl (C=O) groups is 1. The first-order chi connectivity index (χ1) is 12.1. The first-order valence-corrected chi connectivity index (χ1v) is 8.98. The molecule has 1 fully saturated rings. The summed E-state index contributed by atoms with van der Waals surface area (Å²) in [5, 5.41) is 3.06. The van der Waals surface area contributed by atoms with Crippen molar-refractivity contribution in [2.45, 2.75) is 31.9 Å². The quantitative estimate of drug-likeness (QED) is 0.916. The molecule has 2 aliphatic rings. The van der Waals surface area contributed by atoms with Crippen molar-refractivity contribution >= 4 is 5.91 Å². The van der Waals surface area contributed by atoms with Crippen LogP contribution in [0.3, 0.4) is 0 Å². The number of ether oxygens (including phenoxy) is 1. The number of nitrogens with one attached hydrogen (secondary N) is 1. The molecule has 0 unspecified atom stereocenters. The maximum Gasteiger partial charge on any atom is 0.255 e. The van der Waals surface area contributed by atoms with Gasteiger partial charge in [-0.3, -0.25) is 9.69 Å². The molecule has 0 saturated carbocycles. The molecule has 1 amide bonds. The van der Waals surface area contributed by atoms with Crippen LogP contribution in [0, 0.1) is 6.92 Å². The van der Waals surface area contributed by atoms with Gasteiger partial charge in [0.05, 0.1) is 12.1 Å². The highest BCUT2D eigenvalue weighted by Crippen LogP contribution is 2.32. The molecular formula is C21H24N2O2. The minimum absolute atomic E-state index is 0.0388. The lowest BCUT2D eigenvalue weighted by Crippen LogP contribution is -2.56. The fourth-order valence-corrected chi connectivity index (χ4v) is 3.85. The van der Waals surface area contributed by atoms with Crippen LogP contribution in [0.5, 0.6) is 5.75 Å². The van der Waals surface area contributed by atoms with Gasteiger partial charge in [-0.2, -0.15) is 0 Å². The molecule has 2 aromatic carbocycles. The van der Waals surface area contributed by atoms with Crippen LogP contribution < -0.4 is 10.1 Å². The minimum atomic E-state index is -0.342. The number of nitrogens with zero attached hydrogens (tertiary/aromatic N) is 1. The number of para-hydroxylation sites is 1. The number of likely N-dealkylation sites (tertiary alicyclic amines) is 1. The van der Waals surface area contributed by atoms with E-state index in [-0.39, 0.29) is 11.5 Å². The lowest BCUT2D eigenvalue weighted by molar-refractivity contribution is -0.00704. The maximum atomic E-state index is 12.3. The highest BCUT2D eigenvalue weighted by atomic mass is 16.5. The summed E-state index contributed by atoms with van der Waals surface area (Å²) in [7, 11) is 0. The van der Waals surface area contributed by atoms with Gasteiger partial charge in [0.25, 0.3) is 5.91 Å². The molecule has 4 nitrogen and oxygen atoms in total. The van der Waals surface area contributed by atoms with Crippen LogP contribution in [0.15, 0.2) is 48.5 Å². The van der Waals surface area contributed by atoms with Gasteiger partial charge < -0.3 is 10.1 Å². The van der Waals surface area contributed by atoms with Gasteiger partial charge in [0.1, 0.15) is 11.4 Å². The molecule has 0 radical (unpaired) electrons. The Morgan fingerprint density at radius 3 is 2.80 bits per heavy atom. The van der Waals surface area contributed by atoms with Crippen LogP contribution in [-0.2, 0) is 6.54 Å². The van der Waals surface area contributed by atoms with Crippen LogP contribution in [-0.4, -0.2) is 36.0 Å². The number of hydrogen-bond donors (Lipinski definition) is 1. The third-order valence-electron chi connectivity index (χ3n) is 5.17. The van der Waals surface area contributed by atoms with Crippen molar-refractivity contribution in [1.29, 1.82) is 0 Å². The summed E-state index contributed by atoms with van der Waals surface area (Å²) in [6.45, 7) is 5.48. The van der Waals surface area contributed by atoms with Crippen LogP contribution in [0.2, 0.25) is 0 Å². The fraction of sp³-hybridized carbons (Fsp3) is 0.381. The van der Waals surface area contributed by atoms with Crippen molar-refractivity contribution in [3.63, 3.8) is 0 Å². The number of rotatable bonds is 2. The average molecular weight is 336 g/mol. The van der Waals surface area contributed by atoms with E-state index in [4.69, 9.17) is 4.74 Å². The van der Waals surface area contributed by atoms with Crippen LogP contribution in [0.25, 0.3) is 0 Å². The second-order valence-corrected chi connectivity index (χ2v) is 7.26. The van der Waals surface area contributed by atoms with Gasteiger partial charge in [0.2, 0.25) is 0 Å². The minimum Gasteiger partial charge on any atom is -0.483 e. The molecule has 4 rings (SSSR count). The number of carbonyl (C=O) groups excluding carboxylic acids is 1. The molecule has 2 aromatic rings. The third kappa shape index (κ3) is 3.40. The molecule has 1 N–H and O–H groups in total. The number of fused-ring (bicyclic) bond motifs is 1. The number of amides is 1. The van der Waals surface area contributed by atoms with Gasteiger partial charge in [0, 0.05) is 13.1 Å². The predicted molar refractivity (Wildman–Crippen MR) is 97.8 cm³/mol. The molecule has 130 valence electrons. The van der Waals surface area contributed by atoms with E-state index in [2.05, 4.69) is 41.4 Å². The summed E-state index contributed by atoms with van der Waals surface area (Å²) in [6.07, 6.45) is 2.04. The van der Waals surface area contributed by atoms with E-state index in [1.165, 1.54) is 11.1 Å². The summed E-state index contributed by atoms with van der Waals surface area (Å²) in [4.78, 5) is 14.8. The highest BCUT2D eigenvalue weighted by Gasteiger charge is 2.40. The number of benzene rings is 2. The van der Waals surface area contributed by atoms with E-state index in [0.29, 0.717) is 17.9 Å². The molecule has 0 aliphatic carbocycles. The van der Waals surface area contributed by atoms with Gasteiger partial charge in [-0.1, -0.05) is 42.0 Å². The van der Waals surface area contributed by atoms with E-state index >= 15 is 0 Å². The Labute approximate surface area is 148 Å². The third-order valence-corrected chi connectivity index (χ3v) is 5.17. The summed E-state index contributed by atoms with van der Waals surface area (Å²) in [5.74, 6) is 0.665. The average Bonchev–Trinajstić information content (AvgIpc) is 2.75. The first kappa shape index (κ1) is 16.2. The molecule has 0 bridgehead atoms. The molecule has 1 spiro atoms. The van der Waals surface area contributed by atoms with Crippen molar-refractivity contribution in [1.82, 2.24) is 10.2 Å². The van der Waals surface area contributed by atoms with Crippen LogP contribution in [0.4, 0.5) is 0 Å². The van der Waals surface area contributed by atoms with E-state index in [9.17, 15) is 4.79 Å². The highest BCUT2D eigenvalue weighted by molar-refractivity contribution is 5.97. The summed E-state index contributed by atoms with van der Waals surface area (Å²) < 4.78 is 6.42. The van der Waals surface area contributed by atoms with Gasteiger partial charge in [-0.15, -0.1) is 0 Å². The Bertz CT molecular complexity index is 772. The molecule has 1 saturated heterocycles. The van der Waals surface area contributed by atoms with Gasteiger partial charge in [-0.25, -0.2) is 0 Å². The topological polar surface area (TPSA) is 41.6 Å². The van der Waals surface area contributed by atoms with Crippen LogP contribution in [0.1, 0.15) is 34.3 Å². The van der Waals surface area contributed by atoms with Crippen molar-refractivity contribution in [2.75, 3.05) is 19.6 Å². The zero-order valence-electron chi connectivity index (χ0n) is 14.6. The molecule has 4 heteroatoms. The SMILES string of the molecule is Cc1ccc(CN2CCC[C@]3(CNC(=O)c4ccccc4O3)C2)cc1. The van der Waals surface area contributed by atoms with Gasteiger partial charge >= 0.3 is 0 Å². The fourth-order valence-electron chi connectivity index (χ4n) is 3.85. The maximum absolute atomic E-state index is 12.3.